The number of hydrogen-bond donors (Lipinski definition) is 1. The molecule has 1 aromatic heterocycles. The topological polar surface area (TPSA) is 24.9 Å². The molecule has 0 amide bonds. The summed E-state index contributed by atoms with van der Waals surface area (Å²) >= 11 is 0. The van der Waals surface area contributed by atoms with Crippen LogP contribution in [-0.4, -0.2) is 10.5 Å². The first-order valence-electron chi connectivity index (χ1n) is 7.36. The Morgan fingerprint density at radius 3 is 2.36 bits per heavy atom. The van der Waals surface area contributed by atoms with Gasteiger partial charge in [-0.15, -0.1) is 0 Å². The van der Waals surface area contributed by atoms with Crippen molar-refractivity contribution in [1.82, 2.24) is 4.98 Å². The van der Waals surface area contributed by atoms with Gasteiger partial charge in [-0.05, 0) is 50.6 Å². The summed E-state index contributed by atoms with van der Waals surface area (Å²) in [6, 6.07) is 16.7. The molecular formula is C19H19FN2. The van der Waals surface area contributed by atoms with Crippen LogP contribution in [0.4, 0.5) is 10.2 Å². The van der Waals surface area contributed by atoms with E-state index in [4.69, 9.17) is 4.98 Å². The van der Waals surface area contributed by atoms with Gasteiger partial charge in [-0.1, -0.05) is 30.3 Å². The van der Waals surface area contributed by atoms with Crippen molar-refractivity contribution in [3.63, 3.8) is 0 Å². The van der Waals surface area contributed by atoms with Gasteiger partial charge in [0.1, 0.15) is 11.6 Å². The second-order valence-electron chi connectivity index (χ2n) is 6.46. The van der Waals surface area contributed by atoms with Crippen molar-refractivity contribution in [2.24, 2.45) is 0 Å². The second-order valence-corrected chi connectivity index (χ2v) is 6.46. The molecule has 112 valence electrons. The molecule has 0 radical (unpaired) electrons. The van der Waals surface area contributed by atoms with E-state index in [2.05, 4.69) is 26.1 Å². The summed E-state index contributed by atoms with van der Waals surface area (Å²) in [4.78, 5) is 4.70. The highest BCUT2D eigenvalue weighted by atomic mass is 19.1. The van der Waals surface area contributed by atoms with Gasteiger partial charge in [-0.2, -0.15) is 0 Å². The SMILES string of the molecule is CC(C)(C)Nc1nc2ccc(F)cc2cc1-c1ccccc1. The summed E-state index contributed by atoms with van der Waals surface area (Å²) in [6.45, 7) is 6.29. The Hall–Kier alpha value is -2.42. The van der Waals surface area contributed by atoms with E-state index in [9.17, 15) is 4.39 Å². The third kappa shape index (κ3) is 3.08. The zero-order valence-corrected chi connectivity index (χ0v) is 13.0. The first-order chi connectivity index (χ1) is 10.4. The Morgan fingerprint density at radius 1 is 0.955 bits per heavy atom. The predicted octanol–water partition coefficient (Wildman–Crippen LogP) is 5.25. The molecule has 0 aliphatic rings. The molecule has 0 fully saturated rings. The average Bonchev–Trinajstić information content (AvgIpc) is 2.46. The van der Waals surface area contributed by atoms with Gasteiger partial charge in [0.05, 0.1) is 5.52 Å². The fraction of sp³-hybridized carbons (Fsp3) is 0.211. The minimum absolute atomic E-state index is 0.107. The number of halogens is 1. The Morgan fingerprint density at radius 2 is 1.68 bits per heavy atom. The van der Waals surface area contributed by atoms with Crippen molar-refractivity contribution in [3.8, 4) is 11.1 Å². The number of anilines is 1. The van der Waals surface area contributed by atoms with Gasteiger partial charge in [0.15, 0.2) is 0 Å². The van der Waals surface area contributed by atoms with Crippen LogP contribution in [0.2, 0.25) is 0 Å². The summed E-state index contributed by atoms with van der Waals surface area (Å²) in [6.07, 6.45) is 0. The van der Waals surface area contributed by atoms with E-state index in [1.165, 1.54) is 12.1 Å². The minimum Gasteiger partial charge on any atom is -0.365 e. The van der Waals surface area contributed by atoms with Crippen LogP contribution >= 0.6 is 0 Å². The van der Waals surface area contributed by atoms with E-state index < -0.39 is 0 Å². The molecule has 2 aromatic carbocycles. The third-order valence-electron chi connectivity index (χ3n) is 3.35. The van der Waals surface area contributed by atoms with Gasteiger partial charge in [-0.3, -0.25) is 0 Å². The van der Waals surface area contributed by atoms with Crippen molar-refractivity contribution in [3.05, 3.63) is 60.4 Å². The Bertz CT molecular complexity index is 805. The highest BCUT2D eigenvalue weighted by Crippen LogP contribution is 2.31. The van der Waals surface area contributed by atoms with Crippen molar-refractivity contribution in [2.75, 3.05) is 5.32 Å². The fourth-order valence-electron chi connectivity index (χ4n) is 2.44. The van der Waals surface area contributed by atoms with Crippen LogP contribution in [0, 0.1) is 5.82 Å². The average molecular weight is 294 g/mol. The second kappa shape index (κ2) is 5.41. The maximum Gasteiger partial charge on any atom is 0.134 e. The molecule has 3 rings (SSSR count). The summed E-state index contributed by atoms with van der Waals surface area (Å²) < 4.78 is 13.5. The van der Waals surface area contributed by atoms with E-state index in [0.29, 0.717) is 0 Å². The van der Waals surface area contributed by atoms with Crippen LogP contribution < -0.4 is 5.32 Å². The molecule has 3 heteroatoms. The van der Waals surface area contributed by atoms with Gasteiger partial charge in [0.2, 0.25) is 0 Å². The maximum absolute atomic E-state index is 13.5. The third-order valence-corrected chi connectivity index (χ3v) is 3.35. The summed E-state index contributed by atoms with van der Waals surface area (Å²) in [5.41, 5.74) is 2.72. The zero-order chi connectivity index (χ0) is 15.7. The van der Waals surface area contributed by atoms with Crippen LogP contribution in [-0.2, 0) is 0 Å². The molecule has 22 heavy (non-hydrogen) atoms. The minimum atomic E-state index is -0.246. The highest BCUT2D eigenvalue weighted by molar-refractivity contribution is 5.89. The molecule has 0 unspecified atom stereocenters. The maximum atomic E-state index is 13.5. The predicted molar refractivity (Wildman–Crippen MR) is 90.5 cm³/mol. The van der Waals surface area contributed by atoms with E-state index in [0.717, 1.165) is 27.8 Å². The Labute approximate surface area is 130 Å². The van der Waals surface area contributed by atoms with Gasteiger partial charge in [0, 0.05) is 16.5 Å². The van der Waals surface area contributed by atoms with Crippen molar-refractivity contribution in [2.45, 2.75) is 26.3 Å². The van der Waals surface area contributed by atoms with Crippen LogP contribution in [0.3, 0.4) is 0 Å². The summed E-state index contributed by atoms with van der Waals surface area (Å²) in [5, 5.41) is 4.25. The van der Waals surface area contributed by atoms with Crippen LogP contribution in [0.25, 0.3) is 22.0 Å². The monoisotopic (exact) mass is 294 g/mol. The zero-order valence-electron chi connectivity index (χ0n) is 13.0. The van der Waals surface area contributed by atoms with Crippen molar-refractivity contribution >= 4 is 16.7 Å². The summed E-state index contributed by atoms with van der Waals surface area (Å²) in [7, 11) is 0. The lowest BCUT2D eigenvalue weighted by Gasteiger charge is -2.23. The molecule has 2 nitrogen and oxygen atoms in total. The van der Waals surface area contributed by atoms with E-state index in [-0.39, 0.29) is 11.4 Å². The van der Waals surface area contributed by atoms with Gasteiger partial charge in [-0.25, -0.2) is 9.37 Å². The number of aromatic nitrogens is 1. The normalized spacial score (nSPS) is 11.6. The molecule has 0 aliphatic carbocycles. The number of nitrogens with zero attached hydrogens (tertiary/aromatic N) is 1. The van der Waals surface area contributed by atoms with Gasteiger partial charge in [0.25, 0.3) is 0 Å². The van der Waals surface area contributed by atoms with Crippen LogP contribution in [0.5, 0.6) is 0 Å². The number of benzene rings is 2. The van der Waals surface area contributed by atoms with Crippen LogP contribution in [0.1, 0.15) is 20.8 Å². The molecule has 0 saturated heterocycles. The Kier molecular flexibility index (Phi) is 3.57. The smallest absolute Gasteiger partial charge is 0.134 e. The number of nitrogens with one attached hydrogen (secondary N) is 1. The first-order valence-corrected chi connectivity index (χ1v) is 7.36. The number of hydrogen-bond acceptors (Lipinski definition) is 2. The molecule has 0 bridgehead atoms. The van der Waals surface area contributed by atoms with E-state index in [1.807, 2.05) is 36.4 Å². The number of rotatable bonds is 2. The lowest BCUT2D eigenvalue weighted by Crippen LogP contribution is -2.27. The summed E-state index contributed by atoms with van der Waals surface area (Å²) in [5.74, 6) is 0.572. The largest absolute Gasteiger partial charge is 0.365 e. The van der Waals surface area contributed by atoms with Crippen molar-refractivity contribution < 1.29 is 4.39 Å². The molecule has 1 N–H and O–H groups in total. The van der Waals surface area contributed by atoms with Gasteiger partial charge < -0.3 is 5.32 Å². The number of pyridine rings is 1. The lowest BCUT2D eigenvalue weighted by molar-refractivity contribution is 0.628. The molecule has 0 atom stereocenters. The van der Waals surface area contributed by atoms with E-state index in [1.54, 1.807) is 6.07 Å². The van der Waals surface area contributed by atoms with Gasteiger partial charge >= 0.3 is 0 Å². The molecule has 3 aromatic rings. The molecule has 0 spiro atoms. The lowest BCUT2D eigenvalue weighted by atomic mass is 10.0. The standard InChI is InChI=1S/C19H19FN2/c1-19(2,3)22-18-16(13-7-5-4-6-8-13)12-14-11-15(20)9-10-17(14)21-18/h4-12H,1-3H3,(H,21,22). The molecule has 0 aliphatic heterocycles. The van der Waals surface area contributed by atoms with E-state index >= 15 is 0 Å². The number of fused-ring (bicyclic) bond motifs is 1. The highest BCUT2D eigenvalue weighted by Gasteiger charge is 2.15. The Balaban J connectivity index is 2.23. The molecule has 0 saturated carbocycles. The first kappa shape index (κ1) is 14.5. The molecule has 1 heterocycles. The molecular weight excluding hydrogens is 275 g/mol. The quantitative estimate of drug-likeness (QED) is 0.698. The van der Waals surface area contributed by atoms with Crippen molar-refractivity contribution in [1.29, 1.82) is 0 Å². The fourth-order valence-corrected chi connectivity index (χ4v) is 2.44. The van der Waals surface area contributed by atoms with Crippen LogP contribution in [0.15, 0.2) is 54.6 Å².